The van der Waals surface area contributed by atoms with Crippen molar-refractivity contribution in [1.82, 2.24) is 4.98 Å². The molecule has 0 bridgehead atoms. The molecule has 3 heteroatoms. The van der Waals surface area contributed by atoms with Gasteiger partial charge in [-0.25, -0.2) is 0 Å². The summed E-state index contributed by atoms with van der Waals surface area (Å²) in [5, 5.41) is 1.08. The van der Waals surface area contributed by atoms with E-state index in [4.69, 9.17) is 0 Å². The Morgan fingerprint density at radius 1 is 1.64 bits per heavy atom. The average Bonchev–Trinajstić information content (AvgIpc) is 2.04. The van der Waals surface area contributed by atoms with E-state index in [1.165, 1.54) is 4.46 Å². The third-order valence-electron chi connectivity index (χ3n) is 1.07. The van der Waals surface area contributed by atoms with Crippen molar-refractivity contribution < 1.29 is 0 Å². The molecule has 58 valence electrons. The number of rotatable bonds is 3. The summed E-state index contributed by atoms with van der Waals surface area (Å²) in [4.78, 5) is 4.13. The topological polar surface area (TPSA) is 12.9 Å². The van der Waals surface area contributed by atoms with Gasteiger partial charge in [0, 0.05) is 0 Å². The van der Waals surface area contributed by atoms with Crippen LogP contribution in [0.2, 0.25) is 5.32 Å². The molecule has 1 nitrogen and oxygen atoms in total. The molecule has 0 aliphatic carbocycles. The van der Waals surface area contributed by atoms with Crippen LogP contribution in [0.4, 0.5) is 0 Å². The molecule has 0 radical (unpaired) electrons. The number of allylic oxidation sites excluding steroid dienone is 1. The molecule has 11 heavy (non-hydrogen) atoms. The standard InChI is InChI=1S/C8H8BrNSe/c1-2-5-11-7-3-4-8(9)10-6-7/h2-4,6H,1,5H2. The molecular weight excluding hydrogens is 269 g/mol. The van der Waals surface area contributed by atoms with Gasteiger partial charge < -0.3 is 0 Å². The van der Waals surface area contributed by atoms with Crippen molar-refractivity contribution in [1.29, 1.82) is 0 Å². The number of nitrogens with zero attached hydrogens (tertiary/aromatic N) is 1. The van der Waals surface area contributed by atoms with Crippen molar-refractivity contribution >= 4 is 35.3 Å². The van der Waals surface area contributed by atoms with E-state index in [-0.39, 0.29) is 0 Å². The van der Waals surface area contributed by atoms with Crippen molar-refractivity contribution in [3.8, 4) is 0 Å². The maximum atomic E-state index is 4.13. The van der Waals surface area contributed by atoms with Crippen LogP contribution in [0.3, 0.4) is 0 Å². The Kier molecular flexibility index (Phi) is 3.84. The van der Waals surface area contributed by atoms with E-state index in [1.807, 2.05) is 18.3 Å². The van der Waals surface area contributed by atoms with Gasteiger partial charge in [-0.2, -0.15) is 0 Å². The average molecular weight is 277 g/mol. The molecule has 0 unspecified atom stereocenters. The Morgan fingerprint density at radius 3 is 3.00 bits per heavy atom. The molecule has 0 saturated heterocycles. The molecule has 0 aliphatic rings. The number of hydrogen-bond donors (Lipinski definition) is 0. The van der Waals surface area contributed by atoms with Crippen LogP contribution < -0.4 is 4.46 Å². The first-order chi connectivity index (χ1) is 5.33. The monoisotopic (exact) mass is 277 g/mol. The Hall–Kier alpha value is -0.111. The zero-order valence-corrected chi connectivity index (χ0v) is 9.26. The third kappa shape index (κ3) is 3.19. The Bertz CT molecular complexity index is 232. The Morgan fingerprint density at radius 2 is 2.45 bits per heavy atom. The van der Waals surface area contributed by atoms with Gasteiger partial charge in [0.05, 0.1) is 0 Å². The summed E-state index contributed by atoms with van der Waals surface area (Å²) in [5.74, 6) is 0. The van der Waals surface area contributed by atoms with Gasteiger partial charge in [0.25, 0.3) is 0 Å². The Balaban J connectivity index is 2.58. The molecular formula is C8H8BrNSe. The summed E-state index contributed by atoms with van der Waals surface area (Å²) in [5.41, 5.74) is 0. The van der Waals surface area contributed by atoms with Gasteiger partial charge in [-0.3, -0.25) is 0 Å². The van der Waals surface area contributed by atoms with Crippen LogP contribution in [0.5, 0.6) is 0 Å². The zero-order chi connectivity index (χ0) is 8.10. The molecule has 0 aromatic carbocycles. The van der Waals surface area contributed by atoms with Crippen LogP contribution in [0.1, 0.15) is 0 Å². The summed E-state index contributed by atoms with van der Waals surface area (Å²) >= 11 is 3.80. The first-order valence-electron chi connectivity index (χ1n) is 3.18. The van der Waals surface area contributed by atoms with E-state index in [1.54, 1.807) is 0 Å². The fraction of sp³-hybridized carbons (Fsp3) is 0.125. The molecule has 0 aliphatic heterocycles. The number of hydrogen-bond acceptors (Lipinski definition) is 1. The molecule has 0 amide bonds. The number of aromatic nitrogens is 1. The third-order valence-corrected chi connectivity index (χ3v) is 3.59. The van der Waals surface area contributed by atoms with Crippen LogP contribution in [-0.2, 0) is 0 Å². The van der Waals surface area contributed by atoms with Crippen LogP contribution in [-0.4, -0.2) is 19.9 Å². The summed E-state index contributed by atoms with van der Waals surface area (Å²) in [6.07, 6.45) is 3.86. The maximum absolute atomic E-state index is 4.13. The second kappa shape index (κ2) is 4.70. The Labute approximate surface area is 81.2 Å². The molecule has 1 aromatic rings. The molecule has 0 N–H and O–H groups in total. The normalized spacial score (nSPS) is 9.55. The van der Waals surface area contributed by atoms with Crippen LogP contribution in [0.15, 0.2) is 35.6 Å². The summed E-state index contributed by atoms with van der Waals surface area (Å²) in [6.45, 7) is 3.68. The minimum atomic E-state index is 0.509. The van der Waals surface area contributed by atoms with E-state index >= 15 is 0 Å². The first-order valence-corrected chi connectivity index (χ1v) is 6.04. The predicted molar refractivity (Wildman–Crippen MR) is 52.3 cm³/mol. The molecule has 1 aromatic heterocycles. The van der Waals surface area contributed by atoms with Crippen molar-refractivity contribution in [3.05, 3.63) is 35.6 Å². The van der Waals surface area contributed by atoms with Crippen molar-refractivity contribution in [2.45, 2.75) is 5.32 Å². The van der Waals surface area contributed by atoms with E-state index in [2.05, 4.69) is 33.6 Å². The van der Waals surface area contributed by atoms with Gasteiger partial charge >= 0.3 is 81.2 Å². The van der Waals surface area contributed by atoms with Crippen LogP contribution >= 0.6 is 15.9 Å². The van der Waals surface area contributed by atoms with Crippen LogP contribution in [0, 0.1) is 0 Å². The second-order valence-corrected chi connectivity index (χ2v) is 5.02. The van der Waals surface area contributed by atoms with E-state index in [9.17, 15) is 0 Å². The van der Waals surface area contributed by atoms with E-state index < -0.39 is 0 Å². The summed E-state index contributed by atoms with van der Waals surface area (Å²) in [6, 6.07) is 4.07. The van der Waals surface area contributed by atoms with Gasteiger partial charge in [0.2, 0.25) is 0 Å². The van der Waals surface area contributed by atoms with Gasteiger partial charge in [-0.15, -0.1) is 0 Å². The van der Waals surface area contributed by atoms with Crippen molar-refractivity contribution in [2.75, 3.05) is 0 Å². The molecule has 1 heterocycles. The van der Waals surface area contributed by atoms with Gasteiger partial charge in [-0.1, -0.05) is 0 Å². The fourth-order valence-electron chi connectivity index (χ4n) is 0.603. The molecule has 1 rings (SSSR count). The predicted octanol–water partition coefficient (Wildman–Crippen LogP) is 1.78. The van der Waals surface area contributed by atoms with Crippen LogP contribution in [0.25, 0.3) is 0 Å². The van der Waals surface area contributed by atoms with E-state index in [0.29, 0.717) is 15.0 Å². The summed E-state index contributed by atoms with van der Waals surface area (Å²) < 4.78 is 2.22. The van der Waals surface area contributed by atoms with Crippen molar-refractivity contribution in [2.24, 2.45) is 0 Å². The quantitative estimate of drug-likeness (QED) is 0.466. The van der Waals surface area contributed by atoms with Gasteiger partial charge in [0.1, 0.15) is 0 Å². The second-order valence-electron chi connectivity index (χ2n) is 1.92. The molecule has 0 spiro atoms. The molecule has 0 fully saturated rings. The minimum absolute atomic E-state index is 0.509. The summed E-state index contributed by atoms with van der Waals surface area (Å²) in [7, 11) is 0. The fourth-order valence-corrected chi connectivity index (χ4v) is 2.10. The number of pyridine rings is 1. The van der Waals surface area contributed by atoms with Gasteiger partial charge in [0.15, 0.2) is 0 Å². The number of halogens is 1. The molecule has 0 atom stereocenters. The van der Waals surface area contributed by atoms with Crippen molar-refractivity contribution in [3.63, 3.8) is 0 Å². The SMILES string of the molecule is C=CC[Se]c1ccc(Br)nc1. The molecule has 0 saturated carbocycles. The first kappa shape index (κ1) is 8.98. The van der Waals surface area contributed by atoms with Gasteiger partial charge in [-0.05, 0) is 0 Å². The van der Waals surface area contributed by atoms with E-state index in [0.717, 1.165) is 9.92 Å². The zero-order valence-electron chi connectivity index (χ0n) is 5.96.